The van der Waals surface area contributed by atoms with Crippen LogP contribution in [0.15, 0.2) is 12.7 Å². The first-order valence-electron chi connectivity index (χ1n) is 10.4. The Bertz CT molecular complexity index is 849. The number of alkyl halides is 5. The van der Waals surface area contributed by atoms with Gasteiger partial charge in [-0.15, -0.1) is 0 Å². The Kier molecular flexibility index (Phi) is 9.04. The van der Waals surface area contributed by atoms with Gasteiger partial charge in [-0.25, -0.2) is 4.79 Å². The Balaban J connectivity index is 2.04. The lowest BCUT2D eigenvalue weighted by molar-refractivity contribution is -0.288. The van der Waals surface area contributed by atoms with E-state index < -0.39 is 63.9 Å². The van der Waals surface area contributed by atoms with Crippen LogP contribution in [0.4, 0.5) is 22.0 Å². The highest BCUT2D eigenvalue weighted by molar-refractivity contribution is 7.88. The summed E-state index contributed by atoms with van der Waals surface area (Å²) in [5.74, 6) is -4.92. The average molecular weight is 523 g/mol. The molecule has 9 nitrogen and oxygen atoms in total. The summed E-state index contributed by atoms with van der Waals surface area (Å²) in [6.07, 6.45) is -8.58. The van der Waals surface area contributed by atoms with Gasteiger partial charge >= 0.3 is 33.4 Å². The molecule has 1 unspecified atom stereocenters. The molecule has 34 heavy (non-hydrogen) atoms. The molecule has 0 aromatic heterocycles. The summed E-state index contributed by atoms with van der Waals surface area (Å²) < 4.78 is 112. The third kappa shape index (κ3) is 7.33. The maximum atomic E-state index is 14.4. The first kappa shape index (κ1) is 28.4. The topological polar surface area (TPSA) is 117 Å². The smallest absolute Gasteiger partial charge is 0.446 e. The summed E-state index contributed by atoms with van der Waals surface area (Å²) in [5.41, 5.74) is 0. The van der Waals surface area contributed by atoms with E-state index in [2.05, 4.69) is 10.8 Å². The molecule has 0 aromatic rings. The predicted octanol–water partition coefficient (Wildman–Crippen LogP) is 2.56. The van der Waals surface area contributed by atoms with E-state index in [4.69, 9.17) is 14.2 Å². The second-order valence-corrected chi connectivity index (χ2v) is 9.69. The van der Waals surface area contributed by atoms with Crippen LogP contribution in [0.3, 0.4) is 0 Å². The minimum Gasteiger partial charge on any atom is -0.459 e. The number of rotatable bonds is 9. The van der Waals surface area contributed by atoms with Crippen LogP contribution in [-0.2, 0) is 38.1 Å². The van der Waals surface area contributed by atoms with Crippen LogP contribution in [0.5, 0.6) is 0 Å². The summed E-state index contributed by atoms with van der Waals surface area (Å²) in [6, 6.07) is -0.909. The van der Waals surface area contributed by atoms with Gasteiger partial charge in [-0.2, -0.15) is 30.4 Å². The molecular formula is C19H26F5NO8S. The number of esters is 1. The first-order valence-corrected chi connectivity index (χ1v) is 11.8. The van der Waals surface area contributed by atoms with Gasteiger partial charge in [0, 0.05) is 18.5 Å². The molecule has 1 saturated carbocycles. The molecule has 1 aliphatic heterocycles. The fourth-order valence-corrected chi connectivity index (χ4v) is 4.36. The highest BCUT2D eigenvalue weighted by atomic mass is 32.2. The number of carbonyl (C=O) groups excluding carboxylic acids is 2. The lowest BCUT2D eigenvalue weighted by atomic mass is 9.93. The lowest BCUT2D eigenvalue weighted by Gasteiger charge is -2.36. The van der Waals surface area contributed by atoms with Crippen molar-refractivity contribution in [3.05, 3.63) is 12.7 Å². The zero-order valence-electron chi connectivity index (χ0n) is 18.2. The fourth-order valence-electron chi connectivity index (χ4n) is 3.47. The molecule has 1 N–H and O–H groups in total. The molecule has 0 bridgehead atoms. The normalized spacial score (nSPS) is 24.6. The molecule has 2 fully saturated rings. The van der Waals surface area contributed by atoms with E-state index in [0.29, 0.717) is 6.42 Å². The molecule has 1 heterocycles. The van der Waals surface area contributed by atoms with Crippen molar-refractivity contribution in [3.8, 4) is 0 Å². The van der Waals surface area contributed by atoms with E-state index in [1.54, 1.807) is 0 Å². The largest absolute Gasteiger partial charge is 0.459 e. The molecule has 196 valence electrons. The van der Waals surface area contributed by atoms with E-state index in [1.807, 2.05) is 5.32 Å². The highest BCUT2D eigenvalue weighted by Gasteiger charge is 2.59. The maximum Gasteiger partial charge on any atom is 0.446 e. The minimum atomic E-state index is -6.36. The zero-order chi connectivity index (χ0) is 25.8. The molecule has 1 amide bonds. The number of amides is 1. The quantitative estimate of drug-likeness (QED) is 0.212. The van der Waals surface area contributed by atoms with E-state index >= 15 is 0 Å². The second kappa shape index (κ2) is 10.8. The van der Waals surface area contributed by atoms with E-state index in [-0.39, 0.29) is 38.9 Å². The van der Waals surface area contributed by atoms with Crippen molar-refractivity contribution in [2.45, 2.75) is 80.9 Å². The van der Waals surface area contributed by atoms with Gasteiger partial charge in [-0.1, -0.05) is 6.58 Å². The van der Waals surface area contributed by atoms with Gasteiger partial charge in [-0.3, -0.25) is 8.98 Å². The molecular weight excluding hydrogens is 497 g/mol. The SMILES string of the molecule is C=CC(=O)OC1CCC(NC(=O)C(F)(F)S(=O)(=O)OC(CC2(C)OCCCO2)C(F)(F)F)CC1. The van der Waals surface area contributed by atoms with Crippen molar-refractivity contribution in [2.24, 2.45) is 0 Å². The maximum absolute atomic E-state index is 14.4. The van der Waals surface area contributed by atoms with Crippen molar-refractivity contribution in [1.29, 1.82) is 0 Å². The molecule has 0 radical (unpaired) electrons. The van der Waals surface area contributed by atoms with Crippen LogP contribution in [0.25, 0.3) is 0 Å². The highest BCUT2D eigenvalue weighted by Crippen LogP contribution is 2.37. The van der Waals surface area contributed by atoms with Crippen LogP contribution in [0.2, 0.25) is 0 Å². The Morgan fingerprint density at radius 2 is 1.71 bits per heavy atom. The summed E-state index contributed by atoms with van der Waals surface area (Å²) in [6.45, 7) is 4.36. The predicted molar refractivity (Wildman–Crippen MR) is 105 cm³/mol. The van der Waals surface area contributed by atoms with Gasteiger partial charge in [0.15, 0.2) is 11.9 Å². The van der Waals surface area contributed by atoms with Gasteiger partial charge in [-0.05, 0) is 39.0 Å². The molecule has 0 aromatic carbocycles. The number of hydrogen-bond donors (Lipinski definition) is 1. The Morgan fingerprint density at radius 3 is 2.21 bits per heavy atom. The van der Waals surface area contributed by atoms with E-state index in [1.165, 1.54) is 0 Å². The van der Waals surface area contributed by atoms with Gasteiger partial charge in [0.2, 0.25) is 0 Å². The summed E-state index contributed by atoms with van der Waals surface area (Å²) in [7, 11) is -6.36. The lowest BCUT2D eigenvalue weighted by Crippen LogP contribution is -2.53. The number of hydrogen-bond acceptors (Lipinski definition) is 8. The molecule has 15 heteroatoms. The Hall–Kier alpha value is -1.84. The third-order valence-corrected chi connectivity index (χ3v) is 6.60. The Morgan fingerprint density at radius 1 is 1.15 bits per heavy atom. The standard InChI is InChI=1S/C19H26F5NO8S/c1-3-15(26)32-13-7-5-12(6-8-13)25-16(27)19(23,24)34(28,29)33-14(18(20,21)22)11-17(2)30-9-4-10-31-17/h3,12-14H,1,4-11H2,2H3,(H,25,27). The summed E-state index contributed by atoms with van der Waals surface area (Å²) >= 11 is 0. The molecule has 2 rings (SSSR count). The average Bonchev–Trinajstić information content (AvgIpc) is 2.74. The van der Waals surface area contributed by atoms with Crippen LogP contribution < -0.4 is 5.32 Å². The van der Waals surface area contributed by atoms with Crippen LogP contribution in [-0.4, -0.2) is 69.0 Å². The fraction of sp³-hybridized carbons (Fsp3) is 0.789. The van der Waals surface area contributed by atoms with Crippen molar-refractivity contribution in [3.63, 3.8) is 0 Å². The van der Waals surface area contributed by atoms with E-state index in [9.17, 15) is 40.0 Å². The molecule has 1 atom stereocenters. The van der Waals surface area contributed by atoms with Crippen molar-refractivity contribution in [1.82, 2.24) is 5.32 Å². The third-order valence-electron chi connectivity index (χ3n) is 5.30. The van der Waals surface area contributed by atoms with Gasteiger partial charge in [0.05, 0.1) is 13.2 Å². The van der Waals surface area contributed by atoms with Crippen molar-refractivity contribution < 1.29 is 58.4 Å². The number of carbonyl (C=O) groups is 2. The van der Waals surface area contributed by atoms with Crippen molar-refractivity contribution >= 4 is 22.0 Å². The zero-order valence-corrected chi connectivity index (χ0v) is 19.1. The minimum absolute atomic E-state index is 0.0153. The number of nitrogens with one attached hydrogen (secondary N) is 1. The van der Waals surface area contributed by atoms with Gasteiger partial charge < -0.3 is 19.5 Å². The first-order chi connectivity index (χ1) is 15.6. The monoisotopic (exact) mass is 523 g/mol. The van der Waals surface area contributed by atoms with Gasteiger partial charge in [0.1, 0.15) is 6.10 Å². The summed E-state index contributed by atoms with van der Waals surface area (Å²) in [5, 5.41) is -3.49. The molecule has 0 spiro atoms. The van der Waals surface area contributed by atoms with Crippen LogP contribution >= 0.6 is 0 Å². The molecule has 2 aliphatic rings. The van der Waals surface area contributed by atoms with Crippen LogP contribution in [0.1, 0.15) is 45.4 Å². The molecule has 1 saturated heterocycles. The second-order valence-electron chi connectivity index (χ2n) is 8.07. The Labute approximate surface area is 193 Å². The van der Waals surface area contributed by atoms with Crippen LogP contribution in [0, 0.1) is 0 Å². The summed E-state index contributed by atoms with van der Waals surface area (Å²) in [4.78, 5) is 23.2. The van der Waals surface area contributed by atoms with Gasteiger partial charge in [0.25, 0.3) is 0 Å². The molecule has 1 aliphatic carbocycles. The number of ether oxygens (including phenoxy) is 3. The van der Waals surface area contributed by atoms with Crippen molar-refractivity contribution in [2.75, 3.05) is 13.2 Å². The number of halogens is 5. The van der Waals surface area contributed by atoms with E-state index in [0.717, 1.165) is 13.0 Å².